The molecular formula is C16H22F2N2O4. The highest BCUT2D eigenvalue weighted by atomic mass is 19.3. The zero-order valence-corrected chi connectivity index (χ0v) is 13.9. The first-order valence-corrected chi connectivity index (χ1v) is 7.47. The van der Waals surface area contributed by atoms with E-state index in [1.807, 2.05) is 0 Å². The fraction of sp³-hybridized carbons (Fsp3) is 0.500. The lowest BCUT2D eigenvalue weighted by molar-refractivity contribution is -0.116. The highest BCUT2D eigenvalue weighted by molar-refractivity contribution is 5.90. The van der Waals surface area contributed by atoms with Crippen LogP contribution in [0, 0.1) is 0 Å². The fourth-order valence-corrected chi connectivity index (χ4v) is 1.70. The predicted molar refractivity (Wildman–Crippen MR) is 85.2 cm³/mol. The van der Waals surface area contributed by atoms with Crippen LogP contribution >= 0.6 is 0 Å². The summed E-state index contributed by atoms with van der Waals surface area (Å²) in [4.78, 5) is 23.1. The molecule has 1 aromatic rings. The number of hydrogen-bond acceptors (Lipinski definition) is 4. The number of amides is 2. The number of rotatable bonds is 7. The maximum Gasteiger partial charge on any atom is 0.407 e. The molecule has 2 N–H and O–H groups in total. The molecule has 0 fully saturated rings. The summed E-state index contributed by atoms with van der Waals surface area (Å²) in [5, 5.41) is 5.18. The van der Waals surface area contributed by atoms with Gasteiger partial charge in [-0.3, -0.25) is 4.79 Å². The molecule has 0 atom stereocenters. The highest BCUT2D eigenvalue weighted by Crippen LogP contribution is 2.17. The van der Waals surface area contributed by atoms with Crippen LogP contribution in [0.4, 0.5) is 19.3 Å². The molecule has 0 spiro atoms. The van der Waals surface area contributed by atoms with Crippen LogP contribution in [0.15, 0.2) is 24.3 Å². The quantitative estimate of drug-likeness (QED) is 0.742. The van der Waals surface area contributed by atoms with E-state index in [0.717, 1.165) is 0 Å². The Balaban J connectivity index is 2.25. The molecule has 0 heterocycles. The second-order valence-electron chi connectivity index (χ2n) is 5.98. The van der Waals surface area contributed by atoms with E-state index in [9.17, 15) is 18.4 Å². The van der Waals surface area contributed by atoms with Gasteiger partial charge in [0, 0.05) is 18.7 Å². The molecule has 1 rings (SSSR count). The van der Waals surface area contributed by atoms with Crippen molar-refractivity contribution in [3.8, 4) is 5.75 Å². The molecule has 8 heteroatoms. The zero-order chi connectivity index (χ0) is 18.2. The first kappa shape index (κ1) is 19.7. The van der Waals surface area contributed by atoms with E-state index in [1.54, 1.807) is 20.8 Å². The van der Waals surface area contributed by atoms with Crippen molar-refractivity contribution < 1.29 is 27.8 Å². The Bertz CT molecular complexity index is 542. The number of alkyl halides is 2. The third kappa shape index (κ3) is 8.92. The molecule has 6 nitrogen and oxygen atoms in total. The van der Waals surface area contributed by atoms with Crippen LogP contribution in [0.5, 0.6) is 5.75 Å². The molecule has 134 valence electrons. The Labute approximate surface area is 139 Å². The van der Waals surface area contributed by atoms with Crippen LogP contribution in [0.2, 0.25) is 0 Å². The van der Waals surface area contributed by atoms with Crippen LogP contribution < -0.4 is 15.4 Å². The van der Waals surface area contributed by atoms with E-state index in [0.29, 0.717) is 18.7 Å². The monoisotopic (exact) mass is 344 g/mol. The Hall–Kier alpha value is -2.38. The van der Waals surface area contributed by atoms with Crippen LogP contribution in [-0.2, 0) is 9.53 Å². The average molecular weight is 344 g/mol. The number of benzene rings is 1. The van der Waals surface area contributed by atoms with Gasteiger partial charge in [0.05, 0.1) is 0 Å². The largest absolute Gasteiger partial charge is 0.444 e. The SMILES string of the molecule is CC(C)(C)OC(=O)NCCCC(=O)Nc1ccc(OC(F)F)cc1. The number of halogens is 2. The van der Waals surface area contributed by atoms with Gasteiger partial charge in [0.15, 0.2) is 0 Å². The van der Waals surface area contributed by atoms with Gasteiger partial charge in [0.25, 0.3) is 0 Å². The molecule has 0 aliphatic rings. The summed E-state index contributed by atoms with van der Waals surface area (Å²) in [5.41, 5.74) is -0.0940. The lowest BCUT2D eigenvalue weighted by atomic mass is 10.2. The van der Waals surface area contributed by atoms with Crippen molar-refractivity contribution in [2.45, 2.75) is 45.8 Å². The Morgan fingerprint density at radius 1 is 1.17 bits per heavy atom. The summed E-state index contributed by atoms with van der Waals surface area (Å²) in [5.74, 6) is -0.229. The molecule has 2 amide bonds. The normalized spacial score (nSPS) is 11.1. The van der Waals surface area contributed by atoms with E-state index in [-0.39, 0.29) is 18.1 Å². The van der Waals surface area contributed by atoms with Gasteiger partial charge in [-0.15, -0.1) is 0 Å². The number of ether oxygens (including phenoxy) is 2. The third-order valence-electron chi connectivity index (χ3n) is 2.61. The first-order valence-electron chi connectivity index (χ1n) is 7.47. The van der Waals surface area contributed by atoms with Crippen LogP contribution in [-0.4, -0.2) is 30.8 Å². The van der Waals surface area contributed by atoms with Gasteiger partial charge in [-0.05, 0) is 51.5 Å². The molecule has 0 radical (unpaired) electrons. The Kier molecular flexibility index (Phi) is 7.41. The van der Waals surface area contributed by atoms with Crippen molar-refractivity contribution in [2.24, 2.45) is 0 Å². The Morgan fingerprint density at radius 2 is 1.79 bits per heavy atom. The van der Waals surface area contributed by atoms with Gasteiger partial charge in [-0.25, -0.2) is 4.79 Å². The number of nitrogens with one attached hydrogen (secondary N) is 2. The van der Waals surface area contributed by atoms with Gasteiger partial charge in [-0.1, -0.05) is 0 Å². The molecule has 0 saturated carbocycles. The van der Waals surface area contributed by atoms with E-state index >= 15 is 0 Å². The zero-order valence-electron chi connectivity index (χ0n) is 13.9. The second kappa shape index (κ2) is 9.05. The molecule has 0 aliphatic carbocycles. The average Bonchev–Trinajstić information content (AvgIpc) is 2.43. The topological polar surface area (TPSA) is 76.7 Å². The molecule has 0 aromatic heterocycles. The van der Waals surface area contributed by atoms with E-state index < -0.39 is 18.3 Å². The number of carbonyl (C=O) groups is 2. The number of anilines is 1. The van der Waals surface area contributed by atoms with Crippen molar-refractivity contribution in [1.82, 2.24) is 5.32 Å². The minimum absolute atomic E-state index is 0.0181. The molecular weight excluding hydrogens is 322 g/mol. The lowest BCUT2D eigenvalue weighted by Crippen LogP contribution is -2.33. The van der Waals surface area contributed by atoms with Crippen molar-refractivity contribution in [3.63, 3.8) is 0 Å². The van der Waals surface area contributed by atoms with Crippen molar-refractivity contribution in [1.29, 1.82) is 0 Å². The molecule has 0 aliphatic heterocycles. The van der Waals surface area contributed by atoms with Crippen molar-refractivity contribution in [3.05, 3.63) is 24.3 Å². The molecule has 0 bridgehead atoms. The number of carbonyl (C=O) groups excluding carboxylic acids is 2. The molecule has 1 aromatic carbocycles. The van der Waals surface area contributed by atoms with Gasteiger partial charge in [0.2, 0.25) is 5.91 Å². The smallest absolute Gasteiger partial charge is 0.407 e. The van der Waals surface area contributed by atoms with E-state index in [1.165, 1.54) is 24.3 Å². The van der Waals surface area contributed by atoms with Crippen LogP contribution in [0.25, 0.3) is 0 Å². The first-order chi connectivity index (χ1) is 11.2. The second-order valence-corrected chi connectivity index (χ2v) is 5.98. The molecule has 0 saturated heterocycles. The maximum absolute atomic E-state index is 12.0. The summed E-state index contributed by atoms with van der Waals surface area (Å²) < 4.78 is 33.3. The number of alkyl carbamates (subject to hydrolysis) is 1. The maximum atomic E-state index is 12.0. The van der Waals surface area contributed by atoms with E-state index in [4.69, 9.17) is 4.74 Å². The molecule has 24 heavy (non-hydrogen) atoms. The van der Waals surface area contributed by atoms with Crippen LogP contribution in [0.1, 0.15) is 33.6 Å². The predicted octanol–water partition coefficient (Wildman–Crippen LogP) is 3.53. The molecule has 0 unspecified atom stereocenters. The third-order valence-corrected chi connectivity index (χ3v) is 2.61. The summed E-state index contributed by atoms with van der Waals surface area (Å²) >= 11 is 0. The lowest BCUT2D eigenvalue weighted by Gasteiger charge is -2.19. The standard InChI is InChI=1S/C16H22F2N2O4/c1-16(2,3)24-15(22)19-10-4-5-13(21)20-11-6-8-12(9-7-11)23-14(17)18/h6-9,14H,4-5,10H2,1-3H3,(H,19,22)(H,20,21). The highest BCUT2D eigenvalue weighted by Gasteiger charge is 2.15. The van der Waals surface area contributed by atoms with Gasteiger partial charge < -0.3 is 20.1 Å². The summed E-state index contributed by atoms with van der Waals surface area (Å²) in [6.45, 7) is 2.71. The van der Waals surface area contributed by atoms with Crippen LogP contribution in [0.3, 0.4) is 0 Å². The minimum Gasteiger partial charge on any atom is -0.444 e. The van der Waals surface area contributed by atoms with Gasteiger partial charge in [-0.2, -0.15) is 8.78 Å². The Morgan fingerprint density at radius 3 is 2.33 bits per heavy atom. The van der Waals surface area contributed by atoms with Crippen molar-refractivity contribution >= 4 is 17.7 Å². The fourth-order valence-electron chi connectivity index (χ4n) is 1.70. The van der Waals surface area contributed by atoms with Crippen molar-refractivity contribution in [2.75, 3.05) is 11.9 Å². The minimum atomic E-state index is -2.89. The van der Waals surface area contributed by atoms with E-state index in [2.05, 4.69) is 15.4 Å². The summed E-state index contributed by atoms with van der Waals surface area (Å²) in [6, 6.07) is 5.61. The summed E-state index contributed by atoms with van der Waals surface area (Å²) in [6.07, 6.45) is 0.112. The number of hydrogen-bond donors (Lipinski definition) is 2. The van der Waals surface area contributed by atoms with Gasteiger partial charge in [0.1, 0.15) is 11.4 Å². The summed E-state index contributed by atoms with van der Waals surface area (Å²) in [7, 11) is 0. The van der Waals surface area contributed by atoms with Gasteiger partial charge >= 0.3 is 12.7 Å².